The number of carbonyl (C=O) groups excluding carboxylic acids is 1. The van der Waals surface area contributed by atoms with E-state index < -0.39 is 5.60 Å². The average molecular weight is 264 g/mol. The van der Waals surface area contributed by atoms with Gasteiger partial charge in [-0.05, 0) is 44.2 Å². The van der Waals surface area contributed by atoms with Crippen LogP contribution in [0.4, 0.5) is 0 Å². The van der Waals surface area contributed by atoms with E-state index in [1.165, 1.54) is 6.42 Å². The van der Waals surface area contributed by atoms with Gasteiger partial charge in [0, 0.05) is 18.8 Å². The number of aromatic nitrogens is 1. The minimum absolute atomic E-state index is 0.0859. The van der Waals surface area contributed by atoms with Crippen LogP contribution in [0.2, 0.25) is 0 Å². The Balaban J connectivity index is 1.98. The van der Waals surface area contributed by atoms with Crippen molar-refractivity contribution in [2.45, 2.75) is 57.6 Å². The van der Waals surface area contributed by atoms with Crippen molar-refractivity contribution in [1.29, 1.82) is 0 Å². The third-order valence-electron chi connectivity index (χ3n) is 4.37. The molecule has 1 aromatic heterocycles. The highest BCUT2D eigenvalue weighted by Crippen LogP contribution is 2.32. The van der Waals surface area contributed by atoms with E-state index >= 15 is 0 Å². The highest BCUT2D eigenvalue weighted by molar-refractivity contribution is 5.92. The van der Waals surface area contributed by atoms with Crippen molar-refractivity contribution in [3.05, 3.63) is 24.0 Å². The summed E-state index contributed by atoms with van der Waals surface area (Å²) < 4.78 is 2.07. The quantitative estimate of drug-likeness (QED) is 0.829. The van der Waals surface area contributed by atoms with E-state index in [9.17, 15) is 9.90 Å². The molecule has 0 aliphatic heterocycles. The summed E-state index contributed by atoms with van der Waals surface area (Å²) in [6.45, 7) is 4.19. The molecule has 1 aliphatic carbocycles. The molecule has 1 amide bonds. The second-order valence-electron chi connectivity index (χ2n) is 5.50. The fourth-order valence-corrected chi connectivity index (χ4v) is 2.40. The van der Waals surface area contributed by atoms with Gasteiger partial charge >= 0.3 is 0 Å². The normalized spacial score (nSPS) is 16.2. The van der Waals surface area contributed by atoms with E-state index in [0.29, 0.717) is 31.1 Å². The predicted octanol–water partition coefficient (Wildman–Crippen LogP) is 2.49. The number of hydrogen-bond acceptors (Lipinski definition) is 2. The largest absolute Gasteiger partial charge is 0.388 e. The highest BCUT2D eigenvalue weighted by atomic mass is 16.3. The highest BCUT2D eigenvalue weighted by Gasteiger charge is 2.26. The SMILES string of the molecule is CCC(O)(CC)CNC(=O)c1cccn1C1CCC1. The summed E-state index contributed by atoms with van der Waals surface area (Å²) in [5.41, 5.74) is -0.0805. The topological polar surface area (TPSA) is 54.3 Å². The molecule has 0 bridgehead atoms. The maximum atomic E-state index is 12.2. The van der Waals surface area contributed by atoms with Crippen molar-refractivity contribution in [3.8, 4) is 0 Å². The standard InChI is InChI=1S/C15H24N2O2/c1-3-15(19,4-2)11-16-14(18)13-9-6-10-17(13)12-7-5-8-12/h6,9-10,12,19H,3-5,7-8,11H2,1-2H3,(H,16,18). The summed E-state index contributed by atoms with van der Waals surface area (Å²) in [6, 6.07) is 4.25. The summed E-state index contributed by atoms with van der Waals surface area (Å²) in [4.78, 5) is 12.2. The number of hydrogen-bond donors (Lipinski definition) is 2. The van der Waals surface area contributed by atoms with E-state index in [1.807, 2.05) is 32.2 Å². The van der Waals surface area contributed by atoms with Crippen molar-refractivity contribution >= 4 is 5.91 Å². The predicted molar refractivity (Wildman–Crippen MR) is 75.2 cm³/mol. The molecule has 0 unspecified atom stereocenters. The summed E-state index contributed by atoms with van der Waals surface area (Å²) in [6.07, 6.45) is 6.83. The molecular formula is C15H24N2O2. The first-order valence-corrected chi connectivity index (χ1v) is 7.27. The van der Waals surface area contributed by atoms with Crippen LogP contribution in [0.5, 0.6) is 0 Å². The van der Waals surface area contributed by atoms with Crippen LogP contribution in [-0.4, -0.2) is 27.7 Å². The minimum Gasteiger partial charge on any atom is -0.388 e. The van der Waals surface area contributed by atoms with E-state index in [1.54, 1.807) is 0 Å². The van der Waals surface area contributed by atoms with E-state index in [4.69, 9.17) is 0 Å². The van der Waals surface area contributed by atoms with E-state index in [-0.39, 0.29) is 5.91 Å². The van der Waals surface area contributed by atoms with Gasteiger partial charge < -0.3 is 15.0 Å². The second kappa shape index (κ2) is 5.78. The number of carbonyl (C=O) groups is 1. The molecule has 0 spiro atoms. The molecular weight excluding hydrogens is 240 g/mol. The van der Waals surface area contributed by atoms with Gasteiger partial charge in [-0.3, -0.25) is 4.79 Å². The summed E-state index contributed by atoms with van der Waals surface area (Å²) in [5.74, 6) is -0.0859. The monoisotopic (exact) mass is 264 g/mol. The molecule has 1 saturated carbocycles. The zero-order valence-corrected chi connectivity index (χ0v) is 11.9. The van der Waals surface area contributed by atoms with Gasteiger partial charge in [0.1, 0.15) is 5.69 Å². The molecule has 1 aliphatic rings. The lowest BCUT2D eigenvalue weighted by atomic mass is 9.93. The Morgan fingerprint density at radius 2 is 2.16 bits per heavy atom. The Kier molecular flexibility index (Phi) is 4.30. The Labute approximate surface area is 114 Å². The molecule has 0 aromatic carbocycles. The molecule has 1 aromatic rings. The van der Waals surface area contributed by atoms with Gasteiger partial charge in [-0.15, -0.1) is 0 Å². The lowest BCUT2D eigenvalue weighted by molar-refractivity contribution is 0.0312. The van der Waals surface area contributed by atoms with Crippen molar-refractivity contribution < 1.29 is 9.90 Å². The fourth-order valence-electron chi connectivity index (χ4n) is 2.40. The first-order chi connectivity index (χ1) is 9.09. The van der Waals surface area contributed by atoms with Crippen LogP contribution in [0.25, 0.3) is 0 Å². The fraction of sp³-hybridized carbons (Fsp3) is 0.667. The van der Waals surface area contributed by atoms with Crippen LogP contribution >= 0.6 is 0 Å². The number of nitrogens with zero attached hydrogens (tertiary/aromatic N) is 1. The summed E-state index contributed by atoms with van der Waals surface area (Å²) >= 11 is 0. The van der Waals surface area contributed by atoms with Crippen LogP contribution in [0.15, 0.2) is 18.3 Å². The Morgan fingerprint density at radius 1 is 1.47 bits per heavy atom. The van der Waals surface area contributed by atoms with Crippen molar-refractivity contribution in [1.82, 2.24) is 9.88 Å². The zero-order valence-electron chi connectivity index (χ0n) is 11.9. The molecule has 2 rings (SSSR count). The van der Waals surface area contributed by atoms with Crippen LogP contribution in [0, 0.1) is 0 Å². The van der Waals surface area contributed by atoms with E-state index in [2.05, 4.69) is 9.88 Å². The Bertz CT molecular complexity index is 431. The molecule has 19 heavy (non-hydrogen) atoms. The maximum Gasteiger partial charge on any atom is 0.268 e. The summed E-state index contributed by atoms with van der Waals surface area (Å²) in [7, 11) is 0. The molecule has 1 fully saturated rings. The minimum atomic E-state index is -0.788. The molecule has 106 valence electrons. The van der Waals surface area contributed by atoms with Crippen molar-refractivity contribution in [2.24, 2.45) is 0 Å². The Hall–Kier alpha value is -1.29. The molecule has 0 atom stereocenters. The molecule has 4 nitrogen and oxygen atoms in total. The van der Waals surface area contributed by atoms with Crippen LogP contribution in [-0.2, 0) is 0 Å². The van der Waals surface area contributed by atoms with Gasteiger partial charge in [-0.2, -0.15) is 0 Å². The van der Waals surface area contributed by atoms with Crippen LogP contribution < -0.4 is 5.32 Å². The first-order valence-electron chi connectivity index (χ1n) is 7.27. The maximum absolute atomic E-state index is 12.2. The van der Waals surface area contributed by atoms with Gasteiger partial charge in [0.2, 0.25) is 0 Å². The van der Waals surface area contributed by atoms with Gasteiger partial charge in [0.05, 0.1) is 5.60 Å². The third kappa shape index (κ3) is 3.00. The molecule has 4 heteroatoms. The van der Waals surface area contributed by atoms with Gasteiger partial charge in [0.25, 0.3) is 5.91 Å². The van der Waals surface area contributed by atoms with E-state index in [0.717, 1.165) is 12.8 Å². The second-order valence-corrected chi connectivity index (χ2v) is 5.50. The average Bonchev–Trinajstić information content (AvgIpc) is 2.82. The van der Waals surface area contributed by atoms with Gasteiger partial charge in [0.15, 0.2) is 0 Å². The lowest BCUT2D eigenvalue weighted by Crippen LogP contribution is -2.42. The lowest BCUT2D eigenvalue weighted by Gasteiger charge is -2.29. The van der Waals surface area contributed by atoms with Crippen LogP contribution in [0.1, 0.15) is 62.5 Å². The van der Waals surface area contributed by atoms with Crippen molar-refractivity contribution in [3.63, 3.8) is 0 Å². The molecule has 1 heterocycles. The van der Waals surface area contributed by atoms with Crippen LogP contribution in [0.3, 0.4) is 0 Å². The van der Waals surface area contributed by atoms with Gasteiger partial charge in [-0.1, -0.05) is 13.8 Å². The molecule has 2 N–H and O–H groups in total. The third-order valence-corrected chi connectivity index (χ3v) is 4.37. The molecule has 0 radical (unpaired) electrons. The zero-order chi connectivity index (χ0) is 13.9. The number of aliphatic hydroxyl groups is 1. The molecule has 0 saturated heterocycles. The first kappa shape index (κ1) is 14.1. The smallest absolute Gasteiger partial charge is 0.268 e. The summed E-state index contributed by atoms with van der Waals surface area (Å²) in [5, 5.41) is 13.1. The number of rotatable bonds is 6. The Morgan fingerprint density at radius 3 is 2.68 bits per heavy atom. The number of nitrogens with one attached hydrogen (secondary N) is 1. The van der Waals surface area contributed by atoms with Crippen molar-refractivity contribution in [2.75, 3.05) is 6.54 Å². The van der Waals surface area contributed by atoms with Gasteiger partial charge in [-0.25, -0.2) is 0 Å². The number of amides is 1.